The molecule has 2 atom stereocenters. The van der Waals surface area contributed by atoms with Crippen LogP contribution in [0.15, 0.2) is 42.5 Å². The quantitative estimate of drug-likeness (QED) is 0.661. The summed E-state index contributed by atoms with van der Waals surface area (Å²) in [6.45, 7) is 3.80. The molecular weight excluding hydrogens is 336 g/mol. The van der Waals surface area contributed by atoms with Gasteiger partial charge in [-0.3, -0.25) is 14.9 Å². The molecule has 2 aromatic rings. The molecule has 0 radical (unpaired) electrons. The van der Waals surface area contributed by atoms with Crippen LogP contribution in [0.2, 0.25) is 0 Å². The van der Waals surface area contributed by atoms with E-state index >= 15 is 0 Å². The van der Waals surface area contributed by atoms with Crippen LogP contribution in [0.25, 0.3) is 0 Å². The molecule has 0 aromatic heterocycles. The van der Waals surface area contributed by atoms with Crippen molar-refractivity contribution < 1.29 is 19.6 Å². The third kappa shape index (κ3) is 2.35. The first kappa shape index (κ1) is 16.5. The number of amides is 1. The molecule has 0 unspecified atom stereocenters. The second kappa shape index (κ2) is 5.54. The van der Waals surface area contributed by atoms with E-state index in [0.29, 0.717) is 23.4 Å². The molecular formula is C19H18N2O5. The van der Waals surface area contributed by atoms with Gasteiger partial charge in [0.25, 0.3) is 11.6 Å². The highest BCUT2D eigenvalue weighted by molar-refractivity contribution is 5.98. The standard InChI is InChI=1S/C19H18N2O5/c1-19(2)17(22)16(14-8-7-12(21(24)25)9-15(14)26-19)20-10-11-5-3-4-6-13(11)18(20)23/h3-9,16-17,22H,10H2,1-2H3/t16-,17+/m0/s1. The van der Waals surface area contributed by atoms with E-state index in [9.17, 15) is 20.0 Å². The number of aliphatic hydroxyl groups is 1. The Morgan fingerprint density at radius 3 is 2.69 bits per heavy atom. The Kier molecular flexibility index (Phi) is 3.52. The number of aliphatic hydroxyl groups excluding tert-OH is 1. The number of non-ortho nitro benzene ring substituents is 1. The fourth-order valence-electron chi connectivity index (χ4n) is 3.70. The van der Waals surface area contributed by atoms with E-state index in [4.69, 9.17) is 4.74 Å². The third-order valence-electron chi connectivity index (χ3n) is 5.10. The van der Waals surface area contributed by atoms with Crippen molar-refractivity contribution in [1.82, 2.24) is 4.90 Å². The molecule has 0 saturated heterocycles. The van der Waals surface area contributed by atoms with Crippen LogP contribution in [0.5, 0.6) is 5.75 Å². The van der Waals surface area contributed by atoms with Crippen LogP contribution in [0.4, 0.5) is 5.69 Å². The van der Waals surface area contributed by atoms with Crippen LogP contribution in [0.3, 0.4) is 0 Å². The first-order chi connectivity index (χ1) is 12.3. The molecule has 2 aliphatic heterocycles. The molecule has 0 saturated carbocycles. The Balaban J connectivity index is 1.82. The number of nitro groups is 1. The Morgan fingerprint density at radius 2 is 2.00 bits per heavy atom. The summed E-state index contributed by atoms with van der Waals surface area (Å²) in [4.78, 5) is 25.1. The van der Waals surface area contributed by atoms with Crippen LogP contribution < -0.4 is 4.74 Å². The molecule has 26 heavy (non-hydrogen) atoms. The molecule has 0 spiro atoms. The Bertz CT molecular complexity index is 924. The summed E-state index contributed by atoms with van der Waals surface area (Å²) >= 11 is 0. The minimum Gasteiger partial charge on any atom is -0.484 e. The predicted molar refractivity (Wildman–Crippen MR) is 92.9 cm³/mol. The topological polar surface area (TPSA) is 92.9 Å². The Labute approximate surface area is 150 Å². The summed E-state index contributed by atoms with van der Waals surface area (Å²) in [6, 6.07) is 11.0. The number of nitro benzene ring substituents is 1. The van der Waals surface area contributed by atoms with Crippen LogP contribution in [0.1, 0.15) is 41.4 Å². The molecule has 0 bridgehead atoms. The number of benzene rings is 2. The van der Waals surface area contributed by atoms with Gasteiger partial charge < -0.3 is 14.7 Å². The molecule has 2 aliphatic rings. The smallest absolute Gasteiger partial charge is 0.273 e. The molecule has 7 nitrogen and oxygen atoms in total. The molecule has 4 rings (SSSR count). The number of nitrogens with zero attached hydrogens (tertiary/aromatic N) is 2. The first-order valence-electron chi connectivity index (χ1n) is 8.34. The van der Waals surface area contributed by atoms with E-state index in [-0.39, 0.29) is 11.6 Å². The van der Waals surface area contributed by atoms with Crippen LogP contribution in [-0.2, 0) is 6.54 Å². The van der Waals surface area contributed by atoms with E-state index in [1.807, 2.05) is 18.2 Å². The van der Waals surface area contributed by atoms with E-state index in [1.54, 1.807) is 30.9 Å². The van der Waals surface area contributed by atoms with Crippen molar-refractivity contribution >= 4 is 11.6 Å². The van der Waals surface area contributed by atoms with Gasteiger partial charge in [-0.1, -0.05) is 18.2 Å². The molecule has 1 amide bonds. The van der Waals surface area contributed by atoms with Crippen LogP contribution >= 0.6 is 0 Å². The van der Waals surface area contributed by atoms with Crippen molar-refractivity contribution in [2.75, 3.05) is 0 Å². The van der Waals surface area contributed by atoms with Gasteiger partial charge in [-0.2, -0.15) is 0 Å². The monoisotopic (exact) mass is 354 g/mol. The lowest BCUT2D eigenvalue weighted by atomic mass is 9.85. The molecule has 7 heteroatoms. The molecule has 0 aliphatic carbocycles. The number of fused-ring (bicyclic) bond motifs is 2. The molecule has 0 fully saturated rings. The average Bonchev–Trinajstić information content (AvgIpc) is 2.92. The van der Waals surface area contributed by atoms with Crippen molar-refractivity contribution in [3.8, 4) is 5.75 Å². The number of hydrogen-bond acceptors (Lipinski definition) is 5. The lowest BCUT2D eigenvalue weighted by Crippen LogP contribution is -2.53. The average molecular weight is 354 g/mol. The van der Waals surface area contributed by atoms with E-state index in [2.05, 4.69) is 0 Å². The zero-order valence-electron chi connectivity index (χ0n) is 14.4. The van der Waals surface area contributed by atoms with E-state index < -0.39 is 22.7 Å². The summed E-state index contributed by atoms with van der Waals surface area (Å²) in [6.07, 6.45) is -0.977. The van der Waals surface area contributed by atoms with E-state index in [0.717, 1.165) is 5.56 Å². The minimum atomic E-state index is -0.998. The number of rotatable bonds is 2. The molecule has 2 heterocycles. The van der Waals surface area contributed by atoms with Crippen LogP contribution in [0, 0.1) is 10.1 Å². The second-order valence-electron chi connectivity index (χ2n) is 7.16. The highest BCUT2D eigenvalue weighted by Gasteiger charge is 2.48. The third-order valence-corrected chi connectivity index (χ3v) is 5.10. The minimum absolute atomic E-state index is 0.0919. The maximum atomic E-state index is 12.9. The van der Waals surface area contributed by atoms with Gasteiger partial charge in [0.2, 0.25) is 0 Å². The van der Waals surface area contributed by atoms with Crippen molar-refractivity contribution in [1.29, 1.82) is 0 Å². The van der Waals surface area contributed by atoms with Gasteiger partial charge in [-0.25, -0.2) is 0 Å². The van der Waals surface area contributed by atoms with Crippen LogP contribution in [-0.4, -0.2) is 32.5 Å². The summed E-state index contributed by atoms with van der Waals surface area (Å²) in [5.41, 5.74) is 1.00. The summed E-state index contributed by atoms with van der Waals surface area (Å²) in [7, 11) is 0. The van der Waals surface area contributed by atoms with Gasteiger partial charge in [0.1, 0.15) is 17.5 Å². The molecule has 134 valence electrons. The fraction of sp³-hybridized carbons (Fsp3) is 0.316. The number of carbonyl (C=O) groups is 1. The van der Waals surface area contributed by atoms with Crippen molar-refractivity contribution in [2.45, 2.75) is 38.1 Å². The summed E-state index contributed by atoms with van der Waals surface area (Å²) in [5.74, 6) is 0.162. The number of hydrogen-bond donors (Lipinski definition) is 1. The van der Waals surface area contributed by atoms with Gasteiger partial charge >= 0.3 is 0 Å². The zero-order valence-corrected chi connectivity index (χ0v) is 14.4. The highest BCUT2D eigenvalue weighted by Crippen LogP contribution is 2.46. The molecule has 1 N–H and O–H groups in total. The van der Waals surface area contributed by atoms with Crippen molar-refractivity contribution in [3.63, 3.8) is 0 Å². The summed E-state index contributed by atoms with van der Waals surface area (Å²) < 4.78 is 5.83. The molecule has 2 aromatic carbocycles. The van der Waals surface area contributed by atoms with Gasteiger partial charge in [0, 0.05) is 23.7 Å². The SMILES string of the molecule is CC1(C)Oc2cc([N+](=O)[O-])ccc2[C@H](N2Cc3ccccc3C2=O)[C@H]1O. The van der Waals surface area contributed by atoms with E-state index in [1.165, 1.54) is 12.1 Å². The highest BCUT2D eigenvalue weighted by atomic mass is 16.6. The first-order valence-corrected chi connectivity index (χ1v) is 8.34. The fourth-order valence-corrected chi connectivity index (χ4v) is 3.70. The van der Waals surface area contributed by atoms with Gasteiger partial charge in [-0.15, -0.1) is 0 Å². The maximum absolute atomic E-state index is 12.9. The Morgan fingerprint density at radius 1 is 1.27 bits per heavy atom. The van der Waals surface area contributed by atoms with Gasteiger partial charge in [0.15, 0.2) is 0 Å². The number of carbonyl (C=O) groups excluding carboxylic acids is 1. The zero-order chi connectivity index (χ0) is 18.6. The van der Waals surface area contributed by atoms with Gasteiger partial charge in [0.05, 0.1) is 17.0 Å². The lowest BCUT2D eigenvalue weighted by Gasteiger charge is -2.45. The van der Waals surface area contributed by atoms with Crippen molar-refractivity contribution in [2.24, 2.45) is 0 Å². The largest absolute Gasteiger partial charge is 0.484 e. The second-order valence-corrected chi connectivity index (χ2v) is 7.16. The maximum Gasteiger partial charge on any atom is 0.273 e. The predicted octanol–water partition coefficient (Wildman–Crippen LogP) is 2.82. The lowest BCUT2D eigenvalue weighted by molar-refractivity contribution is -0.385. The normalized spacial score (nSPS) is 23.2. The summed E-state index contributed by atoms with van der Waals surface area (Å²) in [5, 5.41) is 22.0. The number of ether oxygens (including phenoxy) is 1. The van der Waals surface area contributed by atoms with Gasteiger partial charge in [-0.05, 0) is 31.5 Å². The van der Waals surface area contributed by atoms with Crippen molar-refractivity contribution in [3.05, 3.63) is 69.3 Å². The Hall–Kier alpha value is -2.93.